The molecule has 4 aromatic rings. The number of pyridine rings is 1. The number of carbonyl (C=O) groups is 2. The van der Waals surface area contributed by atoms with Crippen LogP contribution >= 0.6 is 0 Å². The molecule has 0 N–H and O–H groups in total. The Morgan fingerprint density at radius 1 is 0.878 bits per heavy atom. The Morgan fingerprint density at radius 2 is 1.59 bits per heavy atom. The maximum Gasteiger partial charge on any atom is 0.259 e. The number of nitrogens with zero attached hydrogens (tertiary/aromatic N) is 3. The predicted molar refractivity (Wildman–Crippen MR) is 164 cm³/mol. The van der Waals surface area contributed by atoms with E-state index in [4.69, 9.17) is 9.47 Å². The summed E-state index contributed by atoms with van der Waals surface area (Å²) in [5, 5.41) is 1.72. The Balaban J connectivity index is 1.64. The third-order valence-corrected chi connectivity index (χ3v) is 6.84. The second kappa shape index (κ2) is 12.4. The molecular weight excluding hydrogens is 514 g/mol. The van der Waals surface area contributed by atoms with Crippen LogP contribution in [0.15, 0.2) is 72.9 Å². The monoisotopic (exact) mass is 553 g/mol. The van der Waals surface area contributed by atoms with E-state index >= 15 is 0 Å². The number of methoxy groups -OCH3 is 1. The lowest BCUT2D eigenvalue weighted by Crippen LogP contribution is -2.34. The Morgan fingerprint density at radius 3 is 2.22 bits per heavy atom. The normalized spacial score (nSPS) is 11.3. The number of aromatic nitrogens is 1. The number of carbonyl (C=O) groups excluding carboxylic acids is 2. The van der Waals surface area contributed by atoms with Crippen LogP contribution in [-0.2, 0) is 16.1 Å². The molecule has 0 bridgehead atoms. The number of likely N-dealkylation sites (N-methyl/N-ethyl adjacent to an activating group) is 1. The summed E-state index contributed by atoms with van der Waals surface area (Å²) < 4.78 is 11.1. The molecule has 0 unspecified atom stereocenters. The van der Waals surface area contributed by atoms with Crippen molar-refractivity contribution in [2.45, 2.75) is 40.7 Å². The minimum atomic E-state index is -0.185. The Kier molecular flexibility index (Phi) is 8.96. The van der Waals surface area contributed by atoms with E-state index in [2.05, 4.69) is 62.2 Å². The zero-order valence-electron chi connectivity index (χ0n) is 25.0. The van der Waals surface area contributed by atoms with Gasteiger partial charge in [0, 0.05) is 32.1 Å². The first-order valence-corrected chi connectivity index (χ1v) is 13.7. The van der Waals surface area contributed by atoms with Crippen LogP contribution < -0.4 is 14.4 Å². The summed E-state index contributed by atoms with van der Waals surface area (Å²) in [6.07, 6.45) is 2.08. The number of rotatable bonds is 9. The average Bonchev–Trinajstić information content (AvgIpc) is 2.93. The number of hydrogen-bond acceptors (Lipinski definition) is 5. The zero-order chi connectivity index (χ0) is 29.7. The van der Waals surface area contributed by atoms with Gasteiger partial charge in [0.25, 0.3) is 5.91 Å². The third kappa shape index (κ3) is 7.42. The van der Waals surface area contributed by atoms with Crippen molar-refractivity contribution in [3.05, 3.63) is 84.1 Å². The van der Waals surface area contributed by atoms with E-state index in [1.54, 1.807) is 32.3 Å². The molecule has 0 aliphatic carbocycles. The minimum absolute atomic E-state index is 0.00395. The molecule has 214 valence electrons. The van der Waals surface area contributed by atoms with Gasteiger partial charge in [-0.2, -0.15) is 0 Å². The van der Waals surface area contributed by atoms with Gasteiger partial charge in [-0.3, -0.25) is 14.5 Å². The number of fused-ring (bicyclic) bond motifs is 1. The lowest BCUT2D eigenvalue weighted by Gasteiger charge is -2.27. The quantitative estimate of drug-likeness (QED) is 0.232. The smallest absolute Gasteiger partial charge is 0.259 e. The van der Waals surface area contributed by atoms with Gasteiger partial charge in [-0.05, 0) is 76.4 Å². The van der Waals surface area contributed by atoms with Crippen molar-refractivity contribution < 1.29 is 19.1 Å². The lowest BCUT2D eigenvalue weighted by molar-refractivity contribution is -0.130. The van der Waals surface area contributed by atoms with Gasteiger partial charge in [-0.15, -0.1) is 0 Å². The molecule has 1 heterocycles. The van der Waals surface area contributed by atoms with Crippen molar-refractivity contribution in [1.29, 1.82) is 0 Å². The standard InChI is InChI=1S/C34H39N3O4/c1-23-18-26(12-15-30(23)40-7)25-10-8-24(9-11-25)21-37(31(38)20-34(2,3)4)33-29-14-13-28(19-27(29)16-17-35-33)41-22-32(39)36(5)6/h8-19H,20-22H2,1-7H3. The average molecular weight is 554 g/mol. The summed E-state index contributed by atoms with van der Waals surface area (Å²) in [7, 11) is 5.07. The SMILES string of the molecule is COc1ccc(-c2ccc(CN(C(=O)CC(C)(C)C)c3nccc4cc(OCC(=O)N(C)C)ccc34)cc2)cc1C. The first-order chi connectivity index (χ1) is 19.4. The summed E-state index contributed by atoms with van der Waals surface area (Å²) >= 11 is 0. The highest BCUT2D eigenvalue weighted by Gasteiger charge is 2.25. The molecule has 0 aliphatic heterocycles. The highest BCUT2D eigenvalue weighted by Crippen LogP contribution is 2.32. The van der Waals surface area contributed by atoms with E-state index < -0.39 is 0 Å². The van der Waals surface area contributed by atoms with Crippen molar-refractivity contribution in [2.24, 2.45) is 5.41 Å². The number of anilines is 1. The maximum atomic E-state index is 13.7. The van der Waals surface area contributed by atoms with Gasteiger partial charge in [0.15, 0.2) is 6.61 Å². The van der Waals surface area contributed by atoms with Gasteiger partial charge in [-0.25, -0.2) is 4.98 Å². The molecule has 0 radical (unpaired) electrons. The van der Waals surface area contributed by atoms with Gasteiger partial charge >= 0.3 is 0 Å². The topological polar surface area (TPSA) is 72.0 Å². The molecule has 7 heteroatoms. The predicted octanol–water partition coefficient (Wildman–Crippen LogP) is 6.66. The first kappa shape index (κ1) is 29.6. The lowest BCUT2D eigenvalue weighted by atomic mass is 9.91. The molecule has 1 aromatic heterocycles. The fourth-order valence-electron chi connectivity index (χ4n) is 4.59. The summed E-state index contributed by atoms with van der Waals surface area (Å²) in [4.78, 5) is 33.6. The molecule has 0 saturated carbocycles. The Bertz CT molecular complexity index is 1540. The van der Waals surface area contributed by atoms with Crippen molar-refractivity contribution >= 4 is 28.4 Å². The molecule has 41 heavy (non-hydrogen) atoms. The number of ether oxygens (including phenoxy) is 2. The molecule has 0 fully saturated rings. The van der Waals surface area contributed by atoms with Crippen LogP contribution in [0.1, 0.15) is 38.3 Å². The van der Waals surface area contributed by atoms with E-state index in [1.165, 1.54) is 4.90 Å². The number of benzene rings is 3. The molecule has 7 nitrogen and oxygen atoms in total. The second-order valence-corrected chi connectivity index (χ2v) is 11.7. The second-order valence-electron chi connectivity index (χ2n) is 11.7. The van der Waals surface area contributed by atoms with Gasteiger partial charge in [-0.1, -0.05) is 51.1 Å². The fourth-order valence-corrected chi connectivity index (χ4v) is 4.59. The fraction of sp³-hybridized carbons (Fsp3) is 0.324. The third-order valence-electron chi connectivity index (χ3n) is 6.84. The minimum Gasteiger partial charge on any atom is -0.496 e. The number of hydrogen-bond donors (Lipinski definition) is 0. The summed E-state index contributed by atoms with van der Waals surface area (Å²) in [6, 6.07) is 21.9. The van der Waals surface area contributed by atoms with E-state index in [0.29, 0.717) is 24.5 Å². The molecule has 2 amide bonds. The van der Waals surface area contributed by atoms with E-state index in [0.717, 1.165) is 38.8 Å². The van der Waals surface area contributed by atoms with Crippen LogP contribution in [0.5, 0.6) is 11.5 Å². The first-order valence-electron chi connectivity index (χ1n) is 13.7. The highest BCUT2D eigenvalue weighted by atomic mass is 16.5. The van der Waals surface area contributed by atoms with E-state index in [1.807, 2.05) is 37.3 Å². The molecule has 0 aliphatic rings. The molecule has 4 rings (SSSR count). The Hall–Kier alpha value is -4.39. The van der Waals surface area contributed by atoms with Crippen LogP contribution in [-0.4, -0.2) is 49.5 Å². The van der Waals surface area contributed by atoms with E-state index in [9.17, 15) is 9.59 Å². The van der Waals surface area contributed by atoms with Gasteiger partial charge < -0.3 is 14.4 Å². The summed E-state index contributed by atoms with van der Waals surface area (Å²) in [5.74, 6) is 1.93. The van der Waals surface area contributed by atoms with Gasteiger partial charge in [0.1, 0.15) is 17.3 Å². The van der Waals surface area contributed by atoms with Crippen molar-refractivity contribution in [3.8, 4) is 22.6 Å². The van der Waals surface area contributed by atoms with E-state index in [-0.39, 0.29) is 23.8 Å². The van der Waals surface area contributed by atoms with Crippen LogP contribution in [0.25, 0.3) is 21.9 Å². The molecule has 3 aromatic carbocycles. The van der Waals surface area contributed by atoms with Crippen LogP contribution in [0.4, 0.5) is 5.82 Å². The summed E-state index contributed by atoms with van der Waals surface area (Å²) in [5.41, 5.74) is 4.10. The van der Waals surface area contributed by atoms with Crippen molar-refractivity contribution in [1.82, 2.24) is 9.88 Å². The molecule has 0 atom stereocenters. The van der Waals surface area contributed by atoms with Gasteiger partial charge in [0.05, 0.1) is 13.7 Å². The van der Waals surface area contributed by atoms with Crippen LogP contribution in [0.2, 0.25) is 0 Å². The van der Waals surface area contributed by atoms with Crippen molar-refractivity contribution in [3.63, 3.8) is 0 Å². The molecular formula is C34H39N3O4. The maximum absolute atomic E-state index is 13.7. The number of amides is 2. The van der Waals surface area contributed by atoms with Crippen LogP contribution in [0.3, 0.4) is 0 Å². The van der Waals surface area contributed by atoms with Crippen LogP contribution in [0, 0.1) is 12.3 Å². The summed E-state index contributed by atoms with van der Waals surface area (Å²) in [6.45, 7) is 8.56. The Labute approximate surface area is 242 Å². The zero-order valence-corrected chi connectivity index (χ0v) is 25.0. The largest absolute Gasteiger partial charge is 0.496 e. The van der Waals surface area contributed by atoms with Gasteiger partial charge in [0.2, 0.25) is 5.91 Å². The molecule has 0 saturated heterocycles. The number of aryl methyl sites for hydroxylation is 1. The van der Waals surface area contributed by atoms with Crippen molar-refractivity contribution in [2.75, 3.05) is 32.7 Å². The highest BCUT2D eigenvalue weighted by molar-refractivity contribution is 6.02. The molecule has 0 spiro atoms.